The number of nitrogens with zero attached hydrogens (tertiary/aromatic N) is 3. The Morgan fingerprint density at radius 3 is 2.79 bits per heavy atom. The number of nitrogens with two attached hydrogens (primary N) is 1. The monoisotopic (exact) mass is 377 g/mol. The standard InChI is InChI=1S/C21H23N5O2/c22-16-6-5-14-17(13-23-7-8-25-9-11-28-12-10-25)24-26-18-4-2-1-3-15(18)21(27)19(16)20(14)26/h1-6,23H,7-13,22H2. The summed E-state index contributed by atoms with van der Waals surface area (Å²) in [4.78, 5) is 15.4. The van der Waals surface area contributed by atoms with Gasteiger partial charge < -0.3 is 15.8 Å². The molecule has 1 saturated heterocycles. The highest BCUT2D eigenvalue weighted by Crippen LogP contribution is 2.29. The molecule has 2 aromatic heterocycles. The molecule has 3 N–H and O–H groups in total. The third-order valence-electron chi connectivity index (χ3n) is 5.56. The minimum absolute atomic E-state index is 0.0297. The Bertz CT molecular complexity index is 1200. The van der Waals surface area contributed by atoms with E-state index in [9.17, 15) is 4.79 Å². The maximum Gasteiger partial charge on any atom is 0.199 e. The van der Waals surface area contributed by atoms with Gasteiger partial charge in [0.15, 0.2) is 5.43 Å². The second-order valence-electron chi connectivity index (χ2n) is 7.26. The molecule has 1 aliphatic rings. The van der Waals surface area contributed by atoms with E-state index in [-0.39, 0.29) is 5.43 Å². The van der Waals surface area contributed by atoms with Gasteiger partial charge in [0.2, 0.25) is 0 Å². The number of para-hydroxylation sites is 1. The third-order valence-corrected chi connectivity index (χ3v) is 5.56. The van der Waals surface area contributed by atoms with Gasteiger partial charge in [-0.2, -0.15) is 5.10 Å². The van der Waals surface area contributed by atoms with Crippen molar-refractivity contribution in [1.29, 1.82) is 0 Å². The molecule has 0 atom stereocenters. The topological polar surface area (TPSA) is 84.9 Å². The SMILES string of the molecule is Nc1ccc2c(CNCCN3CCOCC3)nn3c4ccccc4c(=O)c1c23. The molecule has 3 heterocycles. The zero-order valence-electron chi connectivity index (χ0n) is 15.6. The molecule has 28 heavy (non-hydrogen) atoms. The van der Waals surface area contributed by atoms with Crippen LogP contribution in [0, 0.1) is 0 Å². The first-order valence-corrected chi connectivity index (χ1v) is 9.69. The van der Waals surface area contributed by atoms with Crippen molar-refractivity contribution in [2.24, 2.45) is 0 Å². The lowest BCUT2D eigenvalue weighted by molar-refractivity contribution is 0.0384. The zero-order valence-corrected chi connectivity index (χ0v) is 15.6. The summed E-state index contributed by atoms with van der Waals surface area (Å²) in [6.07, 6.45) is 0. The van der Waals surface area contributed by atoms with Gasteiger partial charge in [-0.3, -0.25) is 9.69 Å². The largest absolute Gasteiger partial charge is 0.398 e. The highest BCUT2D eigenvalue weighted by molar-refractivity contribution is 6.08. The molecule has 2 aromatic carbocycles. The van der Waals surface area contributed by atoms with Crippen LogP contribution in [0.5, 0.6) is 0 Å². The predicted molar refractivity (Wildman–Crippen MR) is 111 cm³/mol. The maximum atomic E-state index is 13.0. The second-order valence-corrected chi connectivity index (χ2v) is 7.26. The molecule has 5 rings (SSSR count). The van der Waals surface area contributed by atoms with Crippen LogP contribution >= 0.6 is 0 Å². The molecule has 0 spiro atoms. The van der Waals surface area contributed by atoms with Crippen molar-refractivity contribution in [3.8, 4) is 0 Å². The van der Waals surface area contributed by atoms with E-state index in [0.717, 1.165) is 61.5 Å². The number of morpholine rings is 1. The zero-order chi connectivity index (χ0) is 19.1. The number of hydrogen-bond donors (Lipinski definition) is 2. The minimum Gasteiger partial charge on any atom is -0.398 e. The molecule has 0 aliphatic carbocycles. The molecule has 144 valence electrons. The van der Waals surface area contributed by atoms with Gasteiger partial charge in [0, 0.05) is 49.2 Å². The smallest absolute Gasteiger partial charge is 0.199 e. The van der Waals surface area contributed by atoms with Crippen molar-refractivity contribution in [1.82, 2.24) is 19.8 Å². The number of hydrogen-bond acceptors (Lipinski definition) is 6. The Morgan fingerprint density at radius 2 is 1.93 bits per heavy atom. The lowest BCUT2D eigenvalue weighted by atomic mass is 10.1. The van der Waals surface area contributed by atoms with E-state index in [1.165, 1.54) is 0 Å². The van der Waals surface area contributed by atoms with Crippen LogP contribution in [0.15, 0.2) is 41.2 Å². The van der Waals surface area contributed by atoms with Gasteiger partial charge in [0.25, 0.3) is 0 Å². The van der Waals surface area contributed by atoms with E-state index < -0.39 is 0 Å². The van der Waals surface area contributed by atoms with Gasteiger partial charge in [-0.1, -0.05) is 12.1 Å². The van der Waals surface area contributed by atoms with Crippen molar-refractivity contribution < 1.29 is 4.74 Å². The van der Waals surface area contributed by atoms with Crippen LogP contribution in [0.3, 0.4) is 0 Å². The fourth-order valence-electron chi connectivity index (χ4n) is 4.08. The first kappa shape index (κ1) is 17.4. The van der Waals surface area contributed by atoms with Crippen LogP contribution in [0.4, 0.5) is 5.69 Å². The van der Waals surface area contributed by atoms with E-state index in [1.807, 2.05) is 40.9 Å². The van der Waals surface area contributed by atoms with Crippen molar-refractivity contribution in [2.45, 2.75) is 6.54 Å². The summed E-state index contributed by atoms with van der Waals surface area (Å²) in [6, 6.07) is 11.3. The molecule has 0 saturated carbocycles. The van der Waals surface area contributed by atoms with Crippen molar-refractivity contribution >= 4 is 32.9 Å². The lowest BCUT2D eigenvalue weighted by Gasteiger charge is -2.26. The molecule has 0 unspecified atom stereocenters. The van der Waals surface area contributed by atoms with E-state index in [0.29, 0.717) is 23.0 Å². The molecule has 7 heteroatoms. The molecule has 7 nitrogen and oxygen atoms in total. The number of ether oxygens (including phenoxy) is 1. The normalized spacial score (nSPS) is 15.9. The van der Waals surface area contributed by atoms with E-state index >= 15 is 0 Å². The first-order valence-electron chi connectivity index (χ1n) is 9.69. The Kier molecular flexibility index (Phi) is 4.35. The highest BCUT2D eigenvalue weighted by atomic mass is 16.5. The fourth-order valence-corrected chi connectivity index (χ4v) is 4.08. The van der Waals surface area contributed by atoms with Crippen LogP contribution in [0.2, 0.25) is 0 Å². The number of fused-ring (bicyclic) bond motifs is 2. The van der Waals surface area contributed by atoms with Crippen LogP contribution < -0.4 is 16.5 Å². The summed E-state index contributed by atoms with van der Waals surface area (Å²) < 4.78 is 7.26. The molecule has 1 aliphatic heterocycles. The van der Waals surface area contributed by atoms with E-state index in [2.05, 4.69) is 10.2 Å². The lowest BCUT2D eigenvalue weighted by Crippen LogP contribution is -2.40. The van der Waals surface area contributed by atoms with E-state index in [4.69, 9.17) is 15.6 Å². The Labute approximate surface area is 162 Å². The Balaban J connectivity index is 1.49. The number of rotatable bonds is 5. The van der Waals surface area contributed by atoms with Crippen molar-refractivity contribution in [2.75, 3.05) is 45.1 Å². The molecular formula is C21H23N5O2. The first-order chi connectivity index (χ1) is 13.7. The van der Waals surface area contributed by atoms with Gasteiger partial charge in [-0.25, -0.2) is 4.52 Å². The molecule has 1 fully saturated rings. The number of anilines is 1. The summed E-state index contributed by atoms with van der Waals surface area (Å²) in [5.74, 6) is 0. The Morgan fingerprint density at radius 1 is 1.11 bits per heavy atom. The van der Waals surface area contributed by atoms with Crippen LogP contribution in [0.1, 0.15) is 5.69 Å². The average molecular weight is 377 g/mol. The summed E-state index contributed by atoms with van der Waals surface area (Å²) in [6.45, 7) is 6.11. The number of aromatic nitrogens is 2. The molecule has 0 bridgehead atoms. The fraction of sp³-hybridized carbons (Fsp3) is 0.333. The number of nitrogen functional groups attached to an aromatic ring is 1. The maximum absolute atomic E-state index is 13.0. The molecular weight excluding hydrogens is 354 g/mol. The van der Waals surface area contributed by atoms with Gasteiger partial charge in [-0.15, -0.1) is 0 Å². The number of benzene rings is 2. The van der Waals surface area contributed by atoms with E-state index in [1.54, 1.807) is 0 Å². The highest BCUT2D eigenvalue weighted by Gasteiger charge is 2.18. The minimum atomic E-state index is -0.0297. The van der Waals surface area contributed by atoms with Crippen LogP contribution in [-0.4, -0.2) is 53.9 Å². The number of nitrogens with one attached hydrogen (secondary N) is 1. The van der Waals surface area contributed by atoms with Gasteiger partial charge in [0.05, 0.1) is 35.3 Å². The second kappa shape index (κ2) is 7.01. The third kappa shape index (κ3) is 2.79. The Hall–Kier alpha value is -2.74. The van der Waals surface area contributed by atoms with Gasteiger partial charge in [0.1, 0.15) is 0 Å². The summed E-state index contributed by atoms with van der Waals surface area (Å²) >= 11 is 0. The van der Waals surface area contributed by atoms with Crippen LogP contribution in [0.25, 0.3) is 27.2 Å². The van der Waals surface area contributed by atoms with Crippen molar-refractivity contribution in [3.05, 3.63) is 52.3 Å². The number of pyridine rings is 1. The average Bonchev–Trinajstić information content (AvgIpc) is 3.10. The summed E-state index contributed by atoms with van der Waals surface area (Å²) in [5.41, 5.74) is 9.20. The summed E-state index contributed by atoms with van der Waals surface area (Å²) in [5, 5.41) is 10.5. The quantitative estimate of drug-likeness (QED) is 0.311. The molecule has 4 aromatic rings. The van der Waals surface area contributed by atoms with Gasteiger partial charge in [-0.05, 0) is 24.3 Å². The molecule has 0 amide bonds. The van der Waals surface area contributed by atoms with Gasteiger partial charge >= 0.3 is 0 Å². The summed E-state index contributed by atoms with van der Waals surface area (Å²) in [7, 11) is 0. The predicted octanol–water partition coefficient (Wildman–Crippen LogP) is 1.44. The molecule has 0 radical (unpaired) electrons. The van der Waals surface area contributed by atoms with Crippen molar-refractivity contribution in [3.63, 3.8) is 0 Å². The van der Waals surface area contributed by atoms with Crippen LogP contribution in [-0.2, 0) is 11.3 Å².